The zero-order valence-electron chi connectivity index (χ0n) is 9.16. The smallest absolute Gasteiger partial charge is 0.0693 e. The number of H-pyrrole nitrogens is 1. The molecule has 4 nitrogen and oxygen atoms in total. The van der Waals surface area contributed by atoms with Crippen LogP contribution in [0.3, 0.4) is 0 Å². The average Bonchev–Trinajstić information content (AvgIpc) is 2.63. The van der Waals surface area contributed by atoms with Crippen LogP contribution in [0.4, 0.5) is 0 Å². The first-order chi connectivity index (χ1) is 7.27. The summed E-state index contributed by atoms with van der Waals surface area (Å²) in [5.41, 5.74) is 2.29. The molecule has 1 aromatic heterocycles. The summed E-state index contributed by atoms with van der Waals surface area (Å²) in [6, 6.07) is 0.257. The fourth-order valence-corrected chi connectivity index (χ4v) is 2.14. The maximum atomic E-state index is 9.78. The number of aromatic amines is 1. The van der Waals surface area contributed by atoms with Gasteiger partial charge >= 0.3 is 0 Å². The van der Waals surface area contributed by atoms with Crippen LogP contribution in [0.15, 0.2) is 6.20 Å². The third kappa shape index (κ3) is 2.58. The van der Waals surface area contributed by atoms with Gasteiger partial charge in [-0.25, -0.2) is 0 Å². The molecule has 0 saturated heterocycles. The fraction of sp³-hybridized carbons (Fsp3) is 0.727. The number of aryl methyl sites for hydroxylation is 1. The Bertz CT molecular complexity index is 311. The number of hydrogen-bond donors (Lipinski definition) is 3. The minimum Gasteiger partial charge on any atom is -0.392 e. The van der Waals surface area contributed by atoms with Crippen LogP contribution in [0.5, 0.6) is 0 Å². The molecule has 1 saturated carbocycles. The largest absolute Gasteiger partial charge is 0.392 e. The molecule has 1 aliphatic rings. The van der Waals surface area contributed by atoms with E-state index in [1.165, 1.54) is 12.0 Å². The Balaban J connectivity index is 1.84. The highest BCUT2D eigenvalue weighted by Crippen LogP contribution is 2.18. The number of aliphatic hydroxyl groups excluding tert-OH is 1. The van der Waals surface area contributed by atoms with Gasteiger partial charge in [0.25, 0.3) is 0 Å². The SMILES string of the molecule is Cc1[nH]ncc1CN[C@@H]1CCCC[C@H]1O. The van der Waals surface area contributed by atoms with Gasteiger partial charge in [-0.3, -0.25) is 5.10 Å². The molecule has 1 fully saturated rings. The molecule has 0 aromatic carbocycles. The Hall–Kier alpha value is -0.870. The lowest BCUT2D eigenvalue weighted by atomic mass is 9.92. The molecule has 4 heteroatoms. The van der Waals surface area contributed by atoms with Crippen LogP contribution < -0.4 is 5.32 Å². The van der Waals surface area contributed by atoms with Gasteiger partial charge in [0.1, 0.15) is 0 Å². The maximum Gasteiger partial charge on any atom is 0.0693 e. The molecule has 0 spiro atoms. The molecule has 0 aliphatic heterocycles. The first kappa shape index (κ1) is 10.6. The number of aromatic nitrogens is 2. The number of nitrogens with one attached hydrogen (secondary N) is 2. The molecule has 1 heterocycles. The van der Waals surface area contributed by atoms with Crippen LogP contribution in [-0.2, 0) is 6.54 Å². The Morgan fingerprint density at radius 2 is 2.33 bits per heavy atom. The van der Waals surface area contributed by atoms with E-state index in [4.69, 9.17) is 0 Å². The zero-order chi connectivity index (χ0) is 10.7. The number of nitrogens with zero attached hydrogens (tertiary/aromatic N) is 1. The van der Waals surface area contributed by atoms with E-state index in [0.29, 0.717) is 0 Å². The lowest BCUT2D eigenvalue weighted by molar-refractivity contribution is 0.0902. The summed E-state index contributed by atoms with van der Waals surface area (Å²) < 4.78 is 0. The van der Waals surface area contributed by atoms with Gasteiger partial charge in [0.05, 0.1) is 12.3 Å². The van der Waals surface area contributed by atoms with Crippen molar-refractivity contribution in [3.8, 4) is 0 Å². The Kier molecular flexibility index (Phi) is 3.38. The van der Waals surface area contributed by atoms with Crippen molar-refractivity contribution in [2.45, 2.75) is 51.3 Å². The van der Waals surface area contributed by atoms with Gasteiger partial charge in [0.15, 0.2) is 0 Å². The van der Waals surface area contributed by atoms with Crippen LogP contribution in [0.1, 0.15) is 36.9 Å². The topological polar surface area (TPSA) is 60.9 Å². The van der Waals surface area contributed by atoms with Gasteiger partial charge in [-0.1, -0.05) is 12.8 Å². The van der Waals surface area contributed by atoms with Crippen LogP contribution >= 0.6 is 0 Å². The summed E-state index contributed by atoms with van der Waals surface area (Å²) in [6.45, 7) is 2.81. The number of hydrogen-bond acceptors (Lipinski definition) is 3. The molecule has 84 valence electrons. The molecule has 0 radical (unpaired) electrons. The van der Waals surface area contributed by atoms with Gasteiger partial charge in [-0.2, -0.15) is 5.10 Å². The normalized spacial score (nSPS) is 26.8. The summed E-state index contributed by atoms with van der Waals surface area (Å²) in [6.07, 6.45) is 6.06. The lowest BCUT2D eigenvalue weighted by Gasteiger charge is -2.28. The highest BCUT2D eigenvalue weighted by atomic mass is 16.3. The first-order valence-corrected chi connectivity index (χ1v) is 5.67. The molecule has 1 aromatic rings. The average molecular weight is 209 g/mol. The van der Waals surface area contributed by atoms with Crippen molar-refractivity contribution in [1.82, 2.24) is 15.5 Å². The Labute approximate surface area is 90.1 Å². The van der Waals surface area contributed by atoms with E-state index < -0.39 is 0 Å². The molecule has 0 amide bonds. The van der Waals surface area contributed by atoms with Crippen LogP contribution in [0.25, 0.3) is 0 Å². The summed E-state index contributed by atoms with van der Waals surface area (Å²) in [5, 5.41) is 20.1. The predicted molar refractivity (Wildman–Crippen MR) is 58.4 cm³/mol. The van der Waals surface area contributed by atoms with Crippen molar-refractivity contribution >= 4 is 0 Å². The minimum atomic E-state index is -0.175. The molecule has 2 atom stereocenters. The highest BCUT2D eigenvalue weighted by molar-refractivity contribution is 5.14. The van der Waals surface area contributed by atoms with Crippen LogP contribution in [0, 0.1) is 6.92 Å². The van der Waals surface area contributed by atoms with Crippen molar-refractivity contribution in [3.63, 3.8) is 0 Å². The van der Waals surface area contributed by atoms with E-state index in [-0.39, 0.29) is 12.1 Å². The second kappa shape index (κ2) is 4.77. The second-order valence-electron chi connectivity index (χ2n) is 4.36. The fourth-order valence-electron chi connectivity index (χ4n) is 2.14. The molecular weight excluding hydrogens is 190 g/mol. The van der Waals surface area contributed by atoms with E-state index >= 15 is 0 Å². The van der Waals surface area contributed by atoms with Crippen LogP contribution in [-0.4, -0.2) is 27.4 Å². The van der Waals surface area contributed by atoms with Gasteiger partial charge in [-0.15, -0.1) is 0 Å². The third-order valence-electron chi connectivity index (χ3n) is 3.22. The number of rotatable bonds is 3. The van der Waals surface area contributed by atoms with Gasteiger partial charge in [-0.05, 0) is 19.8 Å². The molecule has 1 aliphatic carbocycles. The van der Waals surface area contributed by atoms with Crippen molar-refractivity contribution in [2.75, 3.05) is 0 Å². The lowest BCUT2D eigenvalue weighted by Crippen LogP contribution is -2.41. The summed E-state index contributed by atoms with van der Waals surface area (Å²) >= 11 is 0. The molecule has 15 heavy (non-hydrogen) atoms. The van der Waals surface area contributed by atoms with E-state index in [9.17, 15) is 5.11 Å². The second-order valence-corrected chi connectivity index (χ2v) is 4.36. The van der Waals surface area contributed by atoms with Crippen molar-refractivity contribution in [1.29, 1.82) is 0 Å². The van der Waals surface area contributed by atoms with E-state index in [2.05, 4.69) is 15.5 Å². The Morgan fingerprint density at radius 1 is 1.53 bits per heavy atom. The molecule has 2 rings (SSSR count). The maximum absolute atomic E-state index is 9.78. The van der Waals surface area contributed by atoms with Crippen molar-refractivity contribution in [2.24, 2.45) is 0 Å². The third-order valence-corrected chi connectivity index (χ3v) is 3.22. The summed E-state index contributed by atoms with van der Waals surface area (Å²) in [4.78, 5) is 0. The van der Waals surface area contributed by atoms with Crippen molar-refractivity contribution < 1.29 is 5.11 Å². The summed E-state index contributed by atoms with van der Waals surface area (Å²) in [5.74, 6) is 0. The van der Waals surface area contributed by atoms with Gasteiger partial charge in [0.2, 0.25) is 0 Å². The molecule has 3 N–H and O–H groups in total. The van der Waals surface area contributed by atoms with Crippen molar-refractivity contribution in [3.05, 3.63) is 17.5 Å². The quantitative estimate of drug-likeness (QED) is 0.699. The van der Waals surface area contributed by atoms with Gasteiger partial charge in [0, 0.05) is 23.8 Å². The molecule has 0 bridgehead atoms. The monoisotopic (exact) mass is 209 g/mol. The molecular formula is C11H19N3O. The number of aliphatic hydroxyl groups is 1. The minimum absolute atomic E-state index is 0.175. The van der Waals surface area contributed by atoms with E-state index in [0.717, 1.165) is 31.5 Å². The summed E-state index contributed by atoms with van der Waals surface area (Å²) in [7, 11) is 0. The standard InChI is InChI=1S/C11H19N3O/c1-8-9(7-13-14-8)6-12-10-4-2-3-5-11(10)15/h7,10-12,15H,2-6H2,1H3,(H,13,14)/t10-,11-/m1/s1. The van der Waals surface area contributed by atoms with E-state index in [1.54, 1.807) is 0 Å². The van der Waals surface area contributed by atoms with Crippen LogP contribution in [0.2, 0.25) is 0 Å². The first-order valence-electron chi connectivity index (χ1n) is 5.67. The van der Waals surface area contributed by atoms with E-state index in [1.807, 2.05) is 13.1 Å². The Morgan fingerprint density at radius 3 is 3.00 bits per heavy atom. The zero-order valence-corrected chi connectivity index (χ0v) is 9.16. The molecule has 0 unspecified atom stereocenters. The predicted octanol–water partition coefficient (Wildman–Crippen LogP) is 1.11. The van der Waals surface area contributed by atoms with Gasteiger partial charge < -0.3 is 10.4 Å². The highest BCUT2D eigenvalue weighted by Gasteiger charge is 2.22.